The number of hydrogen-bond donors (Lipinski definition) is 1. The van der Waals surface area contributed by atoms with Crippen LogP contribution in [-0.2, 0) is 14.3 Å². The second kappa shape index (κ2) is 5.94. The molecule has 1 aromatic carbocycles. The Bertz CT molecular complexity index is 875. The predicted octanol–water partition coefficient (Wildman–Crippen LogP) is 1.42. The van der Waals surface area contributed by atoms with Gasteiger partial charge in [0, 0.05) is 5.56 Å². The number of rotatable bonds is 4. The Morgan fingerprint density at radius 1 is 1.20 bits per heavy atom. The number of benzene rings is 1. The van der Waals surface area contributed by atoms with E-state index in [1.165, 1.54) is 6.07 Å². The normalized spacial score (nSPS) is 18.9. The number of fused-ring (bicyclic) bond motifs is 2. The van der Waals surface area contributed by atoms with Gasteiger partial charge < -0.3 is 19.0 Å². The van der Waals surface area contributed by atoms with Gasteiger partial charge in [-0.05, 0) is 11.6 Å². The van der Waals surface area contributed by atoms with Crippen LogP contribution in [0.3, 0.4) is 0 Å². The molecule has 2 aromatic rings. The lowest BCUT2D eigenvalue weighted by Crippen LogP contribution is -2.38. The molecule has 4 rings (SSSR count). The van der Waals surface area contributed by atoms with Crippen LogP contribution in [0, 0.1) is 0 Å². The number of carbonyl (C=O) groups excluding carboxylic acids is 3. The molecule has 128 valence electrons. The SMILES string of the molecule is O=C(CC(=O)c1cc2c(o1)C(O)c1ccccc1C2=O)OC1COC1. The summed E-state index contributed by atoms with van der Waals surface area (Å²) in [6.07, 6.45) is -1.95. The molecule has 2 aliphatic rings. The lowest BCUT2D eigenvalue weighted by Gasteiger charge is -2.25. The van der Waals surface area contributed by atoms with E-state index in [2.05, 4.69) is 0 Å². The van der Waals surface area contributed by atoms with E-state index in [0.717, 1.165) is 0 Å². The van der Waals surface area contributed by atoms with Gasteiger partial charge in [-0.2, -0.15) is 0 Å². The average molecular weight is 342 g/mol. The van der Waals surface area contributed by atoms with E-state index in [1.807, 2.05) is 0 Å². The van der Waals surface area contributed by atoms with E-state index in [-0.39, 0.29) is 29.0 Å². The minimum absolute atomic E-state index is 0.0211. The van der Waals surface area contributed by atoms with Crippen molar-refractivity contribution in [2.45, 2.75) is 18.6 Å². The topological polar surface area (TPSA) is 103 Å². The Labute approximate surface area is 142 Å². The first kappa shape index (κ1) is 15.7. The Morgan fingerprint density at radius 3 is 2.68 bits per heavy atom. The summed E-state index contributed by atoms with van der Waals surface area (Å²) in [5.74, 6) is -1.74. The van der Waals surface area contributed by atoms with E-state index >= 15 is 0 Å². The van der Waals surface area contributed by atoms with Gasteiger partial charge in [0.15, 0.2) is 11.5 Å². The molecule has 0 radical (unpaired) electrons. The van der Waals surface area contributed by atoms with Crippen molar-refractivity contribution in [3.05, 3.63) is 58.5 Å². The number of carbonyl (C=O) groups is 3. The number of esters is 1. The summed E-state index contributed by atoms with van der Waals surface area (Å²) < 4.78 is 15.3. The van der Waals surface area contributed by atoms with Crippen molar-refractivity contribution < 1.29 is 33.4 Å². The van der Waals surface area contributed by atoms with Crippen LogP contribution in [0.2, 0.25) is 0 Å². The van der Waals surface area contributed by atoms with Gasteiger partial charge in [-0.25, -0.2) is 0 Å². The Morgan fingerprint density at radius 2 is 1.96 bits per heavy atom. The van der Waals surface area contributed by atoms with Crippen molar-refractivity contribution in [3.8, 4) is 0 Å². The number of furan rings is 1. The molecule has 7 heteroatoms. The summed E-state index contributed by atoms with van der Waals surface area (Å²) >= 11 is 0. The van der Waals surface area contributed by atoms with Crippen molar-refractivity contribution in [1.82, 2.24) is 0 Å². The van der Waals surface area contributed by atoms with Gasteiger partial charge in [-0.15, -0.1) is 0 Å². The van der Waals surface area contributed by atoms with Gasteiger partial charge in [0.05, 0.1) is 18.8 Å². The monoisotopic (exact) mass is 342 g/mol. The zero-order chi connectivity index (χ0) is 17.6. The Hall–Kier alpha value is -2.77. The second-order valence-electron chi connectivity index (χ2n) is 5.96. The van der Waals surface area contributed by atoms with Crippen molar-refractivity contribution in [2.24, 2.45) is 0 Å². The third-order valence-electron chi connectivity index (χ3n) is 4.24. The molecule has 0 saturated carbocycles. The van der Waals surface area contributed by atoms with Crippen LogP contribution in [0.4, 0.5) is 0 Å². The van der Waals surface area contributed by atoms with E-state index in [9.17, 15) is 19.5 Å². The number of Topliss-reactive ketones (excluding diaryl/α,β-unsaturated/α-hetero) is 1. The summed E-state index contributed by atoms with van der Waals surface area (Å²) in [6.45, 7) is 0.655. The molecule has 2 heterocycles. The zero-order valence-corrected chi connectivity index (χ0v) is 13.1. The summed E-state index contributed by atoms with van der Waals surface area (Å²) in [7, 11) is 0. The van der Waals surface area contributed by atoms with Crippen LogP contribution in [0.15, 0.2) is 34.7 Å². The van der Waals surface area contributed by atoms with Crippen molar-refractivity contribution in [2.75, 3.05) is 13.2 Å². The predicted molar refractivity (Wildman–Crippen MR) is 82.3 cm³/mol. The molecule has 0 spiro atoms. The van der Waals surface area contributed by atoms with Gasteiger partial charge in [0.25, 0.3) is 0 Å². The molecule has 1 saturated heterocycles. The fourth-order valence-corrected chi connectivity index (χ4v) is 2.88. The maximum atomic E-state index is 12.5. The van der Waals surface area contributed by atoms with Gasteiger partial charge in [-0.1, -0.05) is 24.3 Å². The van der Waals surface area contributed by atoms with Crippen LogP contribution in [0.5, 0.6) is 0 Å². The van der Waals surface area contributed by atoms with Crippen LogP contribution >= 0.6 is 0 Å². The molecule has 1 aliphatic heterocycles. The number of ketones is 2. The van der Waals surface area contributed by atoms with E-state index < -0.39 is 24.3 Å². The van der Waals surface area contributed by atoms with Gasteiger partial charge in [-0.3, -0.25) is 14.4 Å². The number of aliphatic hydroxyl groups is 1. The average Bonchev–Trinajstić information content (AvgIpc) is 3.02. The zero-order valence-electron chi connectivity index (χ0n) is 13.1. The first-order valence-electron chi connectivity index (χ1n) is 7.80. The number of aliphatic hydroxyl groups excluding tert-OH is 1. The quantitative estimate of drug-likeness (QED) is 0.509. The van der Waals surface area contributed by atoms with E-state index in [4.69, 9.17) is 13.9 Å². The second-order valence-corrected chi connectivity index (χ2v) is 5.96. The lowest BCUT2D eigenvalue weighted by atomic mass is 9.87. The summed E-state index contributed by atoms with van der Waals surface area (Å²) in [5, 5.41) is 10.4. The van der Waals surface area contributed by atoms with Crippen LogP contribution in [0.25, 0.3) is 0 Å². The first-order valence-corrected chi connectivity index (χ1v) is 7.80. The third-order valence-corrected chi connectivity index (χ3v) is 4.24. The van der Waals surface area contributed by atoms with Crippen LogP contribution in [-0.4, -0.2) is 42.0 Å². The highest BCUT2D eigenvalue weighted by molar-refractivity contribution is 6.14. The third kappa shape index (κ3) is 2.67. The minimum Gasteiger partial charge on any atom is -0.457 e. The summed E-state index contributed by atoms with van der Waals surface area (Å²) in [6, 6.07) is 7.91. The molecule has 1 aromatic heterocycles. The molecule has 0 amide bonds. The van der Waals surface area contributed by atoms with Gasteiger partial charge in [0.1, 0.15) is 24.4 Å². The van der Waals surface area contributed by atoms with Crippen LogP contribution in [0.1, 0.15) is 50.3 Å². The summed E-state index contributed by atoms with van der Waals surface area (Å²) in [5.41, 5.74) is 0.930. The molecule has 1 fully saturated rings. The highest BCUT2D eigenvalue weighted by Gasteiger charge is 2.35. The summed E-state index contributed by atoms with van der Waals surface area (Å²) in [4.78, 5) is 36.5. The minimum atomic E-state index is -1.13. The molecule has 7 nitrogen and oxygen atoms in total. The molecule has 0 bridgehead atoms. The maximum Gasteiger partial charge on any atom is 0.314 e. The lowest BCUT2D eigenvalue weighted by molar-refractivity contribution is -0.171. The van der Waals surface area contributed by atoms with Gasteiger partial charge >= 0.3 is 5.97 Å². The Kier molecular flexibility index (Phi) is 3.74. The molecule has 25 heavy (non-hydrogen) atoms. The van der Waals surface area contributed by atoms with Crippen molar-refractivity contribution in [1.29, 1.82) is 0 Å². The highest BCUT2D eigenvalue weighted by Crippen LogP contribution is 2.36. The highest BCUT2D eigenvalue weighted by atomic mass is 16.6. The fraction of sp³-hybridized carbons (Fsp3) is 0.278. The van der Waals surface area contributed by atoms with Crippen molar-refractivity contribution in [3.63, 3.8) is 0 Å². The van der Waals surface area contributed by atoms with Crippen molar-refractivity contribution >= 4 is 17.5 Å². The molecule has 1 unspecified atom stereocenters. The molecule has 1 atom stereocenters. The number of hydrogen-bond acceptors (Lipinski definition) is 7. The molecular formula is C18H14O7. The standard InChI is InChI=1S/C18H14O7/c19-13(6-15(20)24-9-7-23-8-9)14-5-12-16(21)10-3-1-2-4-11(10)17(22)18(12)25-14/h1-5,9,17,22H,6-8H2. The molecule has 1 N–H and O–H groups in total. The number of ether oxygens (including phenoxy) is 2. The van der Waals surface area contributed by atoms with E-state index in [0.29, 0.717) is 24.3 Å². The first-order chi connectivity index (χ1) is 12.0. The largest absolute Gasteiger partial charge is 0.457 e. The molecular weight excluding hydrogens is 328 g/mol. The Balaban J connectivity index is 1.56. The fourth-order valence-electron chi connectivity index (χ4n) is 2.88. The van der Waals surface area contributed by atoms with E-state index in [1.54, 1.807) is 24.3 Å². The molecule has 1 aliphatic carbocycles. The maximum absolute atomic E-state index is 12.5. The van der Waals surface area contributed by atoms with Crippen LogP contribution < -0.4 is 0 Å². The smallest absolute Gasteiger partial charge is 0.314 e. The van der Waals surface area contributed by atoms with Gasteiger partial charge in [0.2, 0.25) is 5.78 Å².